The normalized spacial score (nSPS) is 19.1. The first-order valence-electron chi connectivity index (χ1n) is 13.7. The van der Waals surface area contributed by atoms with Crippen molar-refractivity contribution in [3.8, 4) is 28.1 Å². The van der Waals surface area contributed by atoms with E-state index in [9.17, 15) is 0 Å². The van der Waals surface area contributed by atoms with Gasteiger partial charge >= 0.3 is 0 Å². The van der Waals surface area contributed by atoms with Gasteiger partial charge in [-0.15, -0.1) is 0 Å². The van der Waals surface area contributed by atoms with Gasteiger partial charge in [-0.25, -0.2) is 9.24 Å². The van der Waals surface area contributed by atoms with Crippen LogP contribution < -0.4 is 15.0 Å². The topological polar surface area (TPSA) is 70.0 Å². The van der Waals surface area contributed by atoms with Gasteiger partial charge in [0.2, 0.25) is 0 Å². The summed E-state index contributed by atoms with van der Waals surface area (Å²) < 4.78 is 27.1. The van der Waals surface area contributed by atoms with Crippen LogP contribution in [-0.2, 0) is 11.3 Å². The fraction of sp³-hybridized carbons (Fsp3) is 0.355. The lowest BCUT2D eigenvalue weighted by Crippen LogP contribution is -2.62. The molecule has 4 heterocycles. The van der Waals surface area contributed by atoms with Crippen LogP contribution in [0.15, 0.2) is 42.5 Å². The van der Waals surface area contributed by atoms with Crippen LogP contribution in [-0.4, -0.2) is 73.7 Å². The van der Waals surface area contributed by atoms with E-state index in [1.54, 1.807) is 12.1 Å². The van der Waals surface area contributed by atoms with Gasteiger partial charge in [0.1, 0.15) is 18.2 Å². The minimum atomic E-state index is -0.332. The number of piperazine rings is 1. The summed E-state index contributed by atoms with van der Waals surface area (Å²) in [5.74, 6) is 0.520. The number of nitrogens with one attached hydrogen (secondary N) is 2. The Morgan fingerprint density at radius 3 is 2.75 bits per heavy atom. The highest BCUT2D eigenvalue weighted by Gasteiger charge is 2.37. The predicted octanol–water partition coefficient (Wildman–Crippen LogP) is 4.90. The smallest absolute Gasteiger partial charge is 0.197 e. The van der Waals surface area contributed by atoms with Crippen molar-refractivity contribution < 1.29 is 13.9 Å². The summed E-state index contributed by atoms with van der Waals surface area (Å²) in [6.07, 6.45) is 0. The van der Waals surface area contributed by atoms with Crippen molar-refractivity contribution in [1.29, 1.82) is 0 Å². The molecule has 0 saturated carbocycles. The number of aryl methyl sites for hydroxylation is 1. The average Bonchev–Trinajstić information content (AvgIpc) is 3.34. The second-order valence-electron chi connectivity index (χ2n) is 10.9. The van der Waals surface area contributed by atoms with E-state index in [0.29, 0.717) is 42.0 Å². The molecule has 0 spiro atoms. The van der Waals surface area contributed by atoms with E-state index >= 15 is 4.39 Å². The predicted molar refractivity (Wildman–Crippen MR) is 153 cm³/mol. The number of aromatic nitrogens is 2. The van der Waals surface area contributed by atoms with E-state index in [1.165, 1.54) is 0 Å². The molecule has 3 aliphatic rings. The summed E-state index contributed by atoms with van der Waals surface area (Å²) in [6, 6.07) is 14.3. The third kappa shape index (κ3) is 4.11. The molecule has 4 aromatic rings. The SMILES string of the molecule is [C-]#[N+]c1cc2[nH]nc(-c3ccc4c(c3)OC[C@@H]3CN(C5COC5)CCN43)c2cc1-c1c(C)cc(CNC)cc1F. The van der Waals surface area contributed by atoms with Gasteiger partial charge in [-0.3, -0.25) is 10.00 Å². The van der Waals surface area contributed by atoms with Gasteiger partial charge in [-0.1, -0.05) is 18.2 Å². The zero-order valence-corrected chi connectivity index (χ0v) is 22.6. The molecule has 0 aliphatic carbocycles. The Hall–Kier alpha value is -3.97. The first-order valence-corrected chi connectivity index (χ1v) is 13.7. The van der Waals surface area contributed by atoms with Gasteiger partial charge in [0, 0.05) is 42.7 Å². The number of nitrogens with zero attached hydrogens (tertiary/aromatic N) is 4. The summed E-state index contributed by atoms with van der Waals surface area (Å²) >= 11 is 0. The molecular weight excluding hydrogens is 507 g/mol. The van der Waals surface area contributed by atoms with Crippen molar-refractivity contribution in [1.82, 2.24) is 20.4 Å². The fourth-order valence-corrected chi connectivity index (χ4v) is 6.33. The van der Waals surface area contributed by atoms with Crippen LogP contribution in [0.5, 0.6) is 5.75 Å². The van der Waals surface area contributed by atoms with Crippen molar-refractivity contribution in [2.75, 3.05) is 51.4 Å². The van der Waals surface area contributed by atoms with Crippen LogP contribution in [0.4, 0.5) is 15.8 Å². The summed E-state index contributed by atoms with van der Waals surface area (Å²) in [5.41, 5.74) is 6.59. The van der Waals surface area contributed by atoms with E-state index in [2.05, 4.69) is 42.3 Å². The van der Waals surface area contributed by atoms with Crippen molar-refractivity contribution in [3.05, 3.63) is 70.8 Å². The van der Waals surface area contributed by atoms with E-state index in [1.807, 2.05) is 32.2 Å². The number of rotatable bonds is 5. The highest BCUT2D eigenvalue weighted by Crippen LogP contribution is 2.42. The maximum atomic E-state index is 15.4. The van der Waals surface area contributed by atoms with Crippen molar-refractivity contribution in [2.45, 2.75) is 25.6 Å². The minimum Gasteiger partial charge on any atom is -0.489 e. The van der Waals surface area contributed by atoms with Gasteiger partial charge in [0.15, 0.2) is 5.69 Å². The van der Waals surface area contributed by atoms with Gasteiger partial charge in [-0.2, -0.15) is 5.10 Å². The van der Waals surface area contributed by atoms with Crippen LogP contribution in [0.25, 0.3) is 38.1 Å². The van der Waals surface area contributed by atoms with Gasteiger partial charge in [0.05, 0.1) is 48.8 Å². The van der Waals surface area contributed by atoms with E-state index in [4.69, 9.17) is 16.0 Å². The molecule has 2 N–H and O–H groups in total. The van der Waals surface area contributed by atoms with Crippen LogP contribution >= 0.6 is 0 Å². The molecule has 3 aliphatic heterocycles. The van der Waals surface area contributed by atoms with Crippen molar-refractivity contribution >= 4 is 22.3 Å². The maximum Gasteiger partial charge on any atom is 0.197 e. The quantitative estimate of drug-likeness (QED) is 0.353. The summed E-state index contributed by atoms with van der Waals surface area (Å²) in [6.45, 7) is 15.5. The molecule has 40 heavy (non-hydrogen) atoms. The fourth-order valence-electron chi connectivity index (χ4n) is 6.33. The molecule has 0 radical (unpaired) electrons. The second kappa shape index (κ2) is 9.89. The number of benzene rings is 3. The van der Waals surface area contributed by atoms with Crippen LogP contribution in [0.2, 0.25) is 0 Å². The zero-order valence-electron chi connectivity index (χ0n) is 22.6. The van der Waals surface area contributed by atoms with Crippen LogP contribution in [0.3, 0.4) is 0 Å². The molecule has 2 saturated heterocycles. The molecule has 2 fully saturated rings. The highest BCUT2D eigenvalue weighted by molar-refractivity contribution is 6.00. The Labute approximate surface area is 232 Å². The minimum absolute atomic E-state index is 0.325. The van der Waals surface area contributed by atoms with Crippen LogP contribution in [0.1, 0.15) is 11.1 Å². The molecule has 1 atom stereocenters. The Kier molecular flexibility index (Phi) is 6.19. The maximum absolute atomic E-state index is 15.4. The number of halogens is 1. The Bertz CT molecular complexity index is 1630. The molecule has 1 aromatic heterocycles. The van der Waals surface area contributed by atoms with E-state index in [0.717, 1.165) is 77.6 Å². The molecule has 3 aromatic carbocycles. The molecule has 0 amide bonds. The lowest BCUT2D eigenvalue weighted by molar-refractivity contribution is -0.0715. The van der Waals surface area contributed by atoms with E-state index in [-0.39, 0.29) is 5.82 Å². The summed E-state index contributed by atoms with van der Waals surface area (Å²) in [5, 5.41) is 11.6. The zero-order chi connectivity index (χ0) is 27.4. The van der Waals surface area contributed by atoms with Gasteiger partial charge in [-0.05, 0) is 54.9 Å². The van der Waals surface area contributed by atoms with Crippen molar-refractivity contribution in [2.24, 2.45) is 0 Å². The molecule has 204 valence electrons. The second-order valence-corrected chi connectivity index (χ2v) is 10.9. The Balaban J connectivity index is 1.24. The first-order chi connectivity index (χ1) is 19.5. The highest BCUT2D eigenvalue weighted by atomic mass is 19.1. The number of hydrogen-bond donors (Lipinski definition) is 2. The third-order valence-electron chi connectivity index (χ3n) is 8.42. The number of ether oxygens (including phenoxy) is 2. The lowest BCUT2D eigenvalue weighted by Gasteiger charge is -2.49. The number of hydrogen-bond acceptors (Lipinski definition) is 6. The molecule has 0 unspecified atom stereocenters. The summed E-state index contributed by atoms with van der Waals surface area (Å²) in [4.78, 5) is 8.72. The first kappa shape index (κ1) is 25.0. The molecular formula is C31H31FN6O2. The Morgan fingerprint density at radius 2 is 2.00 bits per heavy atom. The van der Waals surface area contributed by atoms with Crippen molar-refractivity contribution in [3.63, 3.8) is 0 Å². The third-order valence-corrected chi connectivity index (χ3v) is 8.42. The largest absolute Gasteiger partial charge is 0.489 e. The Morgan fingerprint density at radius 1 is 1.12 bits per heavy atom. The monoisotopic (exact) mass is 538 g/mol. The van der Waals surface area contributed by atoms with Crippen LogP contribution in [0, 0.1) is 19.3 Å². The van der Waals surface area contributed by atoms with Gasteiger partial charge < -0.3 is 19.7 Å². The number of fused-ring (bicyclic) bond motifs is 4. The number of anilines is 1. The summed E-state index contributed by atoms with van der Waals surface area (Å²) in [7, 11) is 1.84. The molecule has 9 heteroatoms. The molecule has 8 nitrogen and oxygen atoms in total. The van der Waals surface area contributed by atoms with Gasteiger partial charge in [0.25, 0.3) is 0 Å². The molecule has 7 rings (SSSR count). The average molecular weight is 539 g/mol. The van der Waals surface area contributed by atoms with E-state index < -0.39 is 0 Å². The standard InChI is InChI=1S/C31H31FN6O2/c1-18-8-19(13-33-2)9-25(32)30(18)23-11-24-27(12-26(23)34-3)35-36-31(24)20-4-5-28-29(10-20)40-17-21-14-37(6-7-38(21)28)22-15-39-16-22/h4-5,8-12,21-22,33H,6-7,13-17H2,1-2H3,(H,35,36)/t21-/m0/s1. The number of H-pyrrole nitrogens is 1. The molecule has 0 bridgehead atoms. The number of aromatic amines is 1. The lowest BCUT2D eigenvalue weighted by atomic mass is 9.94.